The van der Waals surface area contributed by atoms with Crippen LogP contribution in [0.15, 0.2) is 41.8 Å². The molecule has 0 aromatic heterocycles. The van der Waals surface area contributed by atoms with Gasteiger partial charge >= 0.3 is 0 Å². The number of aliphatic hydroxyl groups excluding tert-OH is 1. The van der Waals surface area contributed by atoms with Gasteiger partial charge in [0.05, 0.1) is 11.0 Å². The number of rotatable bonds is 6. The number of nitrogens with one attached hydrogen (secondary N) is 1. The van der Waals surface area contributed by atoms with Crippen LogP contribution in [-0.2, 0) is 10.0 Å². The van der Waals surface area contributed by atoms with Crippen molar-refractivity contribution >= 4 is 15.7 Å². The number of aliphatic hydroxyl groups is 1. The van der Waals surface area contributed by atoms with E-state index in [1.165, 1.54) is 12.1 Å². The molecule has 0 aliphatic rings. The SMILES string of the molecule is C=CC(O)CNS(=O)(=O)c1ccccc1[N+](=O)[O-]. The van der Waals surface area contributed by atoms with Crippen LogP contribution in [-0.4, -0.2) is 31.1 Å². The monoisotopic (exact) mass is 272 g/mol. The van der Waals surface area contributed by atoms with Crippen LogP contribution in [0.25, 0.3) is 0 Å². The first kappa shape index (κ1) is 14.3. The van der Waals surface area contributed by atoms with Crippen LogP contribution in [0.5, 0.6) is 0 Å². The first-order valence-electron chi connectivity index (χ1n) is 4.92. The van der Waals surface area contributed by atoms with Gasteiger partial charge in [-0.2, -0.15) is 0 Å². The Balaban J connectivity index is 3.05. The fraction of sp³-hybridized carbons (Fsp3) is 0.200. The average molecular weight is 272 g/mol. The van der Waals surface area contributed by atoms with E-state index in [9.17, 15) is 18.5 Å². The largest absolute Gasteiger partial charge is 0.388 e. The lowest BCUT2D eigenvalue weighted by Crippen LogP contribution is -2.31. The van der Waals surface area contributed by atoms with Crippen molar-refractivity contribution in [3.63, 3.8) is 0 Å². The Morgan fingerprint density at radius 1 is 1.50 bits per heavy atom. The minimum atomic E-state index is -4.04. The third-order valence-corrected chi connectivity index (χ3v) is 3.58. The van der Waals surface area contributed by atoms with E-state index in [2.05, 4.69) is 11.3 Å². The van der Waals surface area contributed by atoms with Crippen LogP contribution in [0.2, 0.25) is 0 Å². The zero-order chi connectivity index (χ0) is 13.8. The van der Waals surface area contributed by atoms with Crippen molar-refractivity contribution in [2.45, 2.75) is 11.0 Å². The second-order valence-electron chi connectivity index (χ2n) is 3.38. The number of nitro groups is 1. The zero-order valence-electron chi connectivity index (χ0n) is 9.31. The highest BCUT2D eigenvalue weighted by atomic mass is 32.2. The fourth-order valence-corrected chi connectivity index (χ4v) is 2.41. The molecule has 0 bridgehead atoms. The molecular formula is C10H12N2O5S. The Morgan fingerprint density at radius 2 is 2.11 bits per heavy atom. The summed E-state index contributed by atoms with van der Waals surface area (Å²) >= 11 is 0. The van der Waals surface area contributed by atoms with Crippen LogP contribution in [0, 0.1) is 10.1 Å². The third-order valence-electron chi connectivity index (χ3n) is 2.11. The van der Waals surface area contributed by atoms with E-state index in [0.29, 0.717) is 0 Å². The van der Waals surface area contributed by atoms with E-state index in [0.717, 1.165) is 18.2 Å². The topological polar surface area (TPSA) is 110 Å². The van der Waals surface area contributed by atoms with Gasteiger partial charge in [0.1, 0.15) is 0 Å². The van der Waals surface area contributed by atoms with Gasteiger partial charge in [-0.05, 0) is 6.07 Å². The minimum absolute atomic E-state index is 0.294. The molecule has 1 rings (SSSR count). The molecular weight excluding hydrogens is 260 g/mol. The van der Waals surface area contributed by atoms with E-state index in [-0.39, 0.29) is 6.54 Å². The molecule has 2 N–H and O–H groups in total. The molecule has 1 aromatic carbocycles. The molecule has 0 heterocycles. The Labute approximate surface area is 104 Å². The van der Waals surface area contributed by atoms with Gasteiger partial charge in [0, 0.05) is 12.6 Å². The number of para-hydroxylation sites is 1. The molecule has 1 atom stereocenters. The highest BCUT2D eigenvalue weighted by Crippen LogP contribution is 2.22. The van der Waals surface area contributed by atoms with Crippen molar-refractivity contribution in [1.29, 1.82) is 0 Å². The molecule has 0 aliphatic carbocycles. The molecule has 7 nitrogen and oxygen atoms in total. The Bertz CT molecular complexity index is 555. The van der Waals surface area contributed by atoms with Gasteiger partial charge in [-0.3, -0.25) is 10.1 Å². The maximum Gasteiger partial charge on any atom is 0.289 e. The van der Waals surface area contributed by atoms with Crippen LogP contribution in [0.3, 0.4) is 0 Å². The quantitative estimate of drug-likeness (QED) is 0.443. The summed E-state index contributed by atoms with van der Waals surface area (Å²) in [4.78, 5) is 9.49. The van der Waals surface area contributed by atoms with Gasteiger partial charge in [0.15, 0.2) is 4.90 Å². The minimum Gasteiger partial charge on any atom is -0.388 e. The summed E-state index contributed by atoms with van der Waals surface area (Å²) < 4.78 is 25.7. The van der Waals surface area contributed by atoms with Gasteiger partial charge in [-0.1, -0.05) is 18.2 Å². The summed E-state index contributed by atoms with van der Waals surface area (Å²) in [5, 5.41) is 19.9. The molecule has 0 fully saturated rings. The molecule has 0 radical (unpaired) electrons. The van der Waals surface area contributed by atoms with Gasteiger partial charge in [-0.15, -0.1) is 6.58 Å². The molecule has 0 amide bonds. The highest BCUT2D eigenvalue weighted by Gasteiger charge is 2.24. The lowest BCUT2D eigenvalue weighted by molar-refractivity contribution is -0.387. The number of hydrogen-bond acceptors (Lipinski definition) is 5. The maximum absolute atomic E-state index is 11.8. The predicted molar refractivity (Wildman–Crippen MR) is 64.5 cm³/mol. The van der Waals surface area contributed by atoms with Gasteiger partial charge in [-0.25, -0.2) is 13.1 Å². The fourth-order valence-electron chi connectivity index (χ4n) is 1.19. The summed E-state index contributed by atoms with van der Waals surface area (Å²) in [5.41, 5.74) is -0.516. The molecule has 0 spiro atoms. The Morgan fingerprint density at radius 3 is 2.67 bits per heavy atom. The van der Waals surface area contributed by atoms with Crippen LogP contribution >= 0.6 is 0 Å². The number of benzene rings is 1. The van der Waals surface area contributed by atoms with E-state index < -0.39 is 31.6 Å². The molecule has 0 saturated carbocycles. The second kappa shape index (κ2) is 5.71. The van der Waals surface area contributed by atoms with Gasteiger partial charge in [0.25, 0.3) is 5.69 Å². The summed E-state index contributed by atoms with van der Waals surface area (Å²) in [5.74, 6) is 0. The highest BCUT2D eigenvalue weighted by molar-refractivity contribution is 7.89. The summed E-state index contributed by atoms with van der Waals surface area (Å²) in [6.07, 6.45) is 0.101. The van der Waals surface area contributed by atoms with E-state index in [4.69, 9.17) is 5.11 Å². The lowest BCUT2D eigenvalue weighted by atomic mass is 10.3. The standard InChI is InChI=1S/C10H12N2O5S/c1-2-8(13)7-11-18(16,17)10-6-4-3-5-9(10)12(14)15/h2-6,8,11,13H,1,7H2. The van der Waals surface area contributed by atoms with E-state index >= 15 is 0 Å². The summed E-state index contributed by atoms with van der Waals surface area (Å²) in [6, 6.07) is 4.97. The molecule has 1 aromatic rings. The van der Waals surface area contributed by atoms with Crippen molar-refractivity contribution in [3.8, 4) is 0 Å². The van der Waals surface area contributed by atoms with Crippen LogP contribution in [0.4, 0.5) is 5.69 Å². The van der Waals surface area contributed by atoms with Gasteiger partial charge < -0.3 is 5.11 Å². The molecule has 0 aliphatic heterocycles. The molecule has 0 saturated heterocycles. The number of nitrogens with zero attached hydrogens (tertiary/aromatic N) is 1. The van der Waals surface area contributed by atoms with Crippen molar-refractivity contribution in [1.82, 2.24) is 4.72 Å². The molecule has 18 heavy (non-hydrogen) atoms. The van der Waals surface area contributed by atoms with Crippen LogP contribution in [0.1, 0.15) is 0 Å². The van der Waals surface area contributed by atoms with Crippen LogP contribution < -0.4 is 4.72 Å². The smallest absolute Gasteiger partial charge is 0.289 e. The van der Waals surface area contributed by atoms with Crippen molar-refractivity contribution in [3.05, 3.63) is 47.0 Å². The first-order valence-corrected chi connectivity index (χ1v) is 6.40. The lowest BCUT2D eigenvalue weighted by Gasteiger charge is -2.08. The molecule has 1 unspecified atom stereocenters. The Hall–Kier alpha value is -1.77. The van der Waals surface area contributed by atoms with E-state index in [1.807, 2.05) is 0 Å². The number of hydrogen-bond donors (Lipinski definition) is 2. The Kier molecular flexibility index (Phi) is 4.54. The average Bonchev–Trinajstić information content (AvgIpc) is 2.36. The summed E-state index contributed by atoms with van der Waals surface area (Å²) in [6.45, 7) is 2.99. The molecule has 98 valence electrons. The number of sulfonamides is 1. The van der Waals surface area contributed by atoms with Gasteiger partial charge in [0.2, 0.25) is 10.0 Å². The predicted octanol–water partition coefficient (Wildman–Crippen LogP) is 0.420. The second-order valence-corrected chi connectivity index (χ2v) is 5.12. The van der Waals surface area contributed by atoms with Crippen molar-refractivity contribution < 1.29 is 18.4 Å². The maximum atomic E-state index is 11.8. The van der Waals surface area contributed by atoms with Crippen molar-refractivity contribution in [2.75, 3.05) is 6.54 Å². The normalized spacial score (nSPS) is 12.9. The summed E-state index contributed by atoms with van der Waals surface area (Å²) in [7, 11) is -4.04. The number of nitro benzene ring substituents is 1. The zero-order valence-corrected chi connectivity index (χ0v) is 10.1. The van der Waals surface area contributed by atoms with E-state index in [1.54, 1.807) is 0 Å². The third kappa shape index (κ3) is 3.36. The van der Waals surface area contributed by atoms with Crippen molar-refractivity contribution in [2.24, 2.45) is 0 Å². The molecule has 8 heteroatoms. The first-order chi connectivity index (χ1) is 8.38.